The summed E-state index contributed by atoms with van der Waals surface area (Å²) < 4.78 is 34.2. The standard InChI is InChI=1S/C20H25O6P/c1-3-24-27(22,25-4-2)26-19(20(21)18-13-9-6-10-14-18)16-23-15-17-11-7-5-8-12-17/h5-14,19H,3-4,15-16H2,1-2H3. The number of rotatable bonds is 12. The van der Waals surface area contributed by atoms with E-state index >= 15 is 0 Å². The Morgan fingerprint density at radius 1 is 0.926 bits per heavy atom. The van der Waals surface area contributed by atoms with E-state index in [-0.39, 0.29) is 25.6 Å². The third-order valence-corrected chi connectivity index (χ3v) is 5.22. The Kier molecular flexibility index (Phi) is 8.85. The second-order valence-corrected chi connectivity index (χ2v) is 7.23. The van der Waals surface area contributed by atoms with E-state index in [0.717, 1.165) is 5.56 Å². The molecule has 0 spiro atoms. The molecule has 2 aromatic rings. The zero-order chi connectivity index (χ0) is 19.5. The Morgan fingerprint density at radius 3 is 2.04 bits per heavy atom. The van der Waals surface area contributed by atoms with Gasteiger partial charge in [0.05, 0.1) is 26.4 Å². The molecule has 2 aromatic carbocycles. The maximum absolute atomic E-state index is 12.8. The van der Waals surface area contributed by atoms with Gasteiger partial charge < -0.3 is 4.74 Å². The molecule has 0 heterocycles. The second kappa shape index (κ2) is 11.1. The van der Waals surface area contributed by atoms with Crippen LogP contribution in [-0.4, -0.2) is 31.7 Å². The molecule has 0 saturated carbocycles. The van der Waals surface area contributed by atoms with Crippen LogP contribution in [0, 0.1) is 0 Å². The molecule has 2 rings (SSSR count). The van der Waals surface area contributed by atoms with E-state index in [1.807, 2.05) is 36.4 Å². The molecule has 146 valence electrons. The van der Waals surface area contributed by atoms with Crippen molar-refractivity contribution in [2.45, 2.75) is 26.6 Å². The average molecular weight is 392 g/mol. The minimum atomic E-state index is -3.86. The van der Waals surface area contributed by atoms with Crippen LogP contribution >= 0.6 is 7.82 Å². The molecule has 0 N–H and O–H groups in total. The monoisotopic (exact) mass is 392 g/mol. The first kappa shape index (κ1) is 21.5. The van der Waals surface area contributed by atoms with Crippen molar-refractivity contribution in [3.8, 4) is 0 Å². The van der Waals surface area contributed by atoms with Crippen molar-refractivity contribution in [1.29, 1.82) is 0 Å². The molecule has 0 amide bonds. The van der Waals surface area contributed by atoms with Crippen LogP contribution in [0.15, 0.2) is 60.7 Å². The van der Waals surface area contributed by atoms with Crippen molar-refractivity contribution in [2.75, 3.05) is 19.8 Å². The number of ketones is 1. The van der Waals surface area contributed by atoms with Gasteiger partial charge in [-0.2, -0.15) is 0 Å². The van der Waals surface area contributed by atoms with Gasteiger partial charge in [0.15, 0.2) is 11.9 Å². The van der Waals surface area contributed by atoms with Gasteiger partial charge in [-0.1, -0.05) is 60.7 Å². The fraction of sp³-hybridized carbons (Fsp3) is 0.350. The third-order valence-electron chi connectivity index (χ3n) is 3.56. The Balaban J connectivity index is 2.11. The van der Waals surface area contributed by atoms with Gasteiger partial charge in [-0.3, -0.25) is 18.4 Å². The van der Waals surface area contributed by atoms with Gasteiger partial charge in [-0.15, -0.1) is 0 Å². The topological polar surface area (TPSA) is 71.1 Å². The average Bonchev–Trinajstić information content (AvgIpc) is 2.68. The molecule has 0 fully saturated rings. The molecular formula is C20H25O6P. The first-order valence-corrected chi connectivity index (χ1v) is 10.3. The van der Waals surface area contributed by atoms with Gasteiger partial charge in [0.1, 0.15) is 0 Å². The molecule has 0 bridgehead atoms. The molecule has 6 nitrogen and oxygen atoms in total. The fourth-order valence-corrected chi connectivity index (χ4v) is 3.67. The molecule has 1 atom stereocenters. The van der Waals surface area contributed by atoms with Crippen molar-refractivity contribution in [3.05, 3.63) is 71.8 Å². The lowest BCUT2D eigenvalue weighted by atomic mass is 10.1. The number of hydrogen-bond donors (Lipinski definition) is 0. The van der Waals surface area contributed by atoms with E-state index in [4.69, 9.17) is 18.3 Å². The highest BCUT2D eigenvalue weighted by atomic mass is 31.2. The molecular weight excluding hydrogens is 367 g/mol. The van der Waals surface area contributed by atoms with E-state index in [9.17, 15) is 9.36 Å². The first-order valence-electron chi connectivity index (χ1n) is 8.86. The van der Waals surface area contributed by atoms with Crippen molar-refractivity contribution in [1.82, 2.24) is 0 Å². The molecule has 0 saturated heterocycles. The van der Waals surface area contributed by atoms with Gasteiger partial charge >= 0.3 is 7.82 Å². The zero-order valence-corrected chi connectivity index (χ0v) is 16.5. The maximum Gasteiger partial charge on any atom is 0.475 e. The SMILES string of the molecule is CCOP(=O)(OCC)OC(COCc1ccccc1)C(=O)c1ccccc1. The lowest BCUT2D eigenvalue weighted by Gasteiger charge is -2.22. The summed E-state index contributed by atoms with van der Waals surface area (Å²) in [6.07, 6.45) is -1.11. The van der Waals surface area contributed by atoms with E-state index in [2.05, 4.69) is 0 Å². The quantitative estimate of drug-likeness (QED) is 0.387. The van der Waals surface area contributed by atoms with Gasteiger partial charge in [0, 0.05) is 5.56 Å². The zero-order valence-electron chi connectivity index (χ0n) is 15.6. The number of hydrogen-bond acceptors (Lipinski definition) is 6. The summed E-state index contributed by atoms with van der Waals surface area (Å²) in [5.41, 5.74) is 1.39. The van der Waals surface area contributed by atoms with Gasteiger partial charge in [0.25, 0.3) is 0 Å². The number of benzene rings is 2. The molecule has 0 radical (unpaired) electrons. The normalized spacial score (nSPS) is 12.7. The van der Waals surface area contributed by atoms with Crippen molar-refractivity contribution in [2.24, 2.45) is 0 Å². The van der Waals surface area contributed by atoms with Crippen LogP contribution in [0.3, 0.4) is 0 Å². The smallest absolute Gasteiger partial charge is 0.374 e. The van der Waals surface area contributed by atoms with E-state index in [0.29, 0.717) is 12.2 Å². The molecule has 0 aliphatic carbocycles. The summed E-state index contributed by atoms with van der Waals surface area (Å²) >= 11 is 0. The van der Waals surface area contributed by atoms with Gasteiger partial charge in [-0.25, -0.2) is 4.57 Å². The third kappa shape index (κ3) is 7.01. The number of carbonyl (C=O) groups excluding carboxylic acids is 1. The van der Waals surface area contributed by atoms with Crippen molar-refractivity contribution >= 4 is 13.6 Å². The predicted octanol–water partition coefficient (Wildman–Crippen LogP) is 4.65. The van der Waals surface area contributed by atoms with Gasteiger partial charge in [0.2, 0.25) is 0 Å². The Bertz CT molecular complexity index is 725. The number of ether oxygens (including phenoxy) is 1. The largest absolute Gasteiger partial charge is 0.475 e. The number of phosphoric ester groups is 1. The van der Waals surface area contributed by atoms with Crippen LogP contribution in [0.4, 0.5) is 0 Å². The minimum Gasteiger partial charge on any atom is -0.374 e. The molecule has 0 aliphatic rings. The van der Waals surface area contributed by atoms with Crippen LogP contribution in [0.5, 0.6) is 0 Å². The van der Waals surface area contributed by atoms with Crippen LogP contribution in [-0.2, 0) is 29.5 Å². The minimum absolute atomic E-state index is 0.0766. The first-order chi connectivity index (χ1) is 13.1. The van der Waals surface area contributed by atoms with Crippen molar-refractivity contribution < 1.29 is 27.7 Å². The predicted molar refractivity (Wildman–Crippen MR) is 103 cm³/mol. The summed E-state index contributed by atoms with van der Waals surface area (Å²) in [6.45, 7) is 3.84. The maximum atomic E-state index is 12.8. The van der Waals surface area contributed by atoms with Crippen molar-refractivity contribution in [3.63, 3.8) is 0 Å². The lowest BCUT2D eigenvalue weighted by molar-refractivity contribution is 0.0154. The van der Waals surface area contributed by atoms with Crippen LogP contribution < -0.4 is 0 Å². The Labute approximate surface area is 160 Å². The highest BCUT2D eigenvalue weighted by Crippen LogP contribution is 2.50. The van der Waals surface area contributed by atoms with Gasteiger partial charge in [-0.05, 0) is 19.4 Å². The highest BCUT2D eigenvalue weighted by Gasteiger charge is 2.34. The van der Waals surface area contributed by atoms with E-state index in [1.165, 1.54) is 0 Å². The van der Waals surface area contributed by atoms with E-state index < -0.39 is 13.9 Å². The Morgan fingerprint density at radius 2 is 1.48 bits per heavy atom. The number of Topliss-reactive ketones (excluding diaryl/α,β-unsaturated/α-hetero) is 1. The molecule has 7 heteroatoms. The highest BCUT2D eigenvalue weighted by molar-refractivity contribution is 7.48. The van der Waals surface area contributed by atoms with E-state index in [1.54, 1.807) is 38.1 Å². The fourth-order valence-electron chi connectivity index (χ4n) is 2.37. The van der Waals surface area contributed by atoms with Crippen LogP contribution in [0.25, 0.3) is 0 Å². The summed E-state index contributed by atoms with van der Waals surface area (Å²) in [5, 5.41) is 0. The van der Waals surface area contributed by atoms with Crippen LogP contribution in [0.1, 0.15) is 29.8 Å². The number of carbonyl (C=O) groups is 1. The summed E-state index contributed by atoms with van der Waals surface area (Å²) in [4.78, 5) is 12.8. The molecule has 0 aliphatic heterocycles. The second-order valence-electron chi connectivity index (χ2n) is 5.61. The summed E-state index contributed by atoms with van der Waals surface area (Å²) in [7, 11) is -3.86. The molecule has 0 aromatic heterocycles. The summed E-state index contributed by atoms with van der Waals surface area (Å²) in [6, 6.07) is 18.2. The molecule has 27 heavy (non-hydrogen) atoms. The Hall–Kier alpha value is -1.82. The van der Waals surface area contributed by atoms with Crippen LogP contribution in [0.2, 0.25) is 0 Å². The summed E-state index contributed by atoms with van der Waals surface area (Å²) in [5.74, 6) is -0.344. The lowest BCUT2D eigenvalue weighted by Crippen LogP contribution is -2.29. The molecule has 1 unspecified atom stereocenters. The number of phosphoric acid groups is 1.